The molecule has 0 unspecified atom stereocenters. The fraction of sp³-hybridized carbons (Fsp3) is 0.481. The number of aryl methyl sites for hydroxylation is 1. The molecular weight excluding hydrogens is 462 g/mol. The first kappa shape index (κ1) is 28.4. The Labute approximate surface area is 210 Å². The van der Waals surface area contributed by atoms with Crippen LogP contribution < -0.4 is 9.62 Å². The average molecular weight is 502 g/mol. The minimum atomic E-state index is -3.50. The highest BCUT2D eigenvalue weighted by Crippen LogP contribution is 2.19. The van der Waals surface area contributed by atoms with Crippen LogP contribution in [0.1, 0.15) is 57.6 Å². The maximum absolute atomic E-state index is 13.4. The number of hydrogen-bond donors (Lipinski definition) is 1. The number of anilines is 1. The van der Waals surface area contributed by atoms with Gasteiger partial charge >= 0.3 is 0 Å². The van der Waals surface area contributed by atoms with Gasteiger partial charge in [0.2, 0.25) is 21.8 Å². The third-order valence-electron chi connectivity index (χ3n) is 6.02. The van der Waals surface area contributed by atoms with Crippen molar-refractivity contribution in [1.82, 2.24) is 10.2 Å². The number of para-hydroxylation sites is 1. The zero-order chi connectivity index (χ0) is 26.0. The van der Waals surface area contributed by atoms with E-state index in [4.69, 9.17) is 0 Å². The number of sulfonamides is 1. The van der Waals surface area contributed by atoms with Crippen LogP contribution in [-0.2, 0) is 26.2 Å². The highest BCUT2D eigenvalue weighted by Gasteiger charge is 2.29. The summed E-state index contributed by atoms with van der Waals surface area (Å²) in [6.07, 6.45) is 2.93. The third kappa shape index (κ3) is 8.69. The van der Waals surface area contributed by atoms with Gasteiger partial charge in [-0.25, -0.2) is 8.42 Å². The lowest BCUT2D eigenvalue weighted by Crippen LogP contribution is -2.50. The fourth-order valence-corrected chi connectivity index (χ4v) is 4.93. The van der Waals surface area contributed by atoms with Crippen molar-refractivity contribution in [2.45, 2.75) is 72.0 Å². The monoisotopic (exact) mass is 501 g/mol. The second-order valence-corrected chi connectivity index (χ2v) is 10.9. The SMILES string of the molecule is CC[C@@H](C)NC(=O)[C@@H](CC)N(Cc1cccc(C)c1)C(=O)CCCN(c1ccccc1)S(C)(=O)=O. The van der Waals surface area contributed by atoms with E-state index in [2.05, 4.69) is 5.32 Å². The summed E-state index contributed by atoms with van der Waals surface area (Å²) in [6.45, 7) is 8.34. The molecule has 1 N–H and O–H groups in total. The van der Waals surface area contributed by atoms with Crippen LogP contribution in [0, 0.1) is 6.92 Å². The van der Waals surface area contributed by atoms with Gasteiger partial charge in [0.1, 0.15) is 6.04 Å². The van der Waals surface area contributed by atoms with Crippen LogP contribution in [-0.4, -0.2) is 50.0 Å². The maximum atomic E-state index is 13.4. The normalized spacial score (nSPS) is 13.1. The second-order valence-electron chi connectivity index (χ2n) is 9.03. The topological polar surface area (TPSA) is 86.8 Å². The van der Waals surface area contributed by atoms with Crippen LogP contribution in [0.25, 0.3) is 0 Å². The molecule has 2 rings (SSSR count). The van der Waals surface area contributed by atoms with Crippen LogP contribution in [0.5, 0.6) is 0 Å². The van der Waals surface area contributed by atoms with E-state index in [0.29, 0.717) is 25.1 Å². The van der Waals surface area contributed by atoms with E-state index in [1.807, 2.05) is 58.0 Å². The van der Waals surface area contributed by atoms with Crippen LogP contribution in [0.3, 0.4) is 0 Å². The minimum Gasteiger partial charge on any atom is -0.352 e. The molecule has 0 bridgehead atoms. The number of carbonyl (C=O) groups excluding carboxylic acids is 2. The first-order chi connectivity index (χ1) is 16.6. The fourth-order valence-electron chi connectivity index (χ4n) is 3.97. The van der Waals surface area contributed by atoms with Crippen molar-refractivity contribution in [1.29, 1.82) is 0 Å². The highest BCUT2D eigenvalue weighted by molar-refractivity contribution is 7.92. The van der Waals surface area contributed by atoms with E-state index in [1.54, 1.807) is 29.2 Å². The standard InChI is InChI=1S/C27H39N3O4S/c1-6-22(4)28-27(32)25(7-2)29(20-23-14-11-13-21(3)19-23)26(31)17-12-18-30(35(5,33)34)24-15-9-8-10-16-24/h8-11,13-16,19,22,25H,6-7,12,17-18,20H2,1-5H3,(H,28,32)/t22-,25-/m1/s1. The van der Waals surface area contributed by atoms with Gasteiger partial charge in [0.25, 0.3) is 0 Å². The van der Waals surface area contributed by atoms with Gasteiger partial charge in [-0.1, -0.05) is 61.9 Å². The number of nitrogens with one attached hydrogen (secondary N) is 1. The molecule has 0 saturated carbocycles. The molecule has 0 spiro atoms. The van der Waals surface area contributed by atoms with Gasteiger partial charge in [-0.3, -0.25) is 13.9 Å². The van der Waals surface area contributed by atoms with Crippen molar-refractivity contribution in [2.75, 3.05) is 17.1 Å². The number of hydrogen-bond acceptors (Lipinski definition) is 4. The van der Waals surface area contributed by atoms with Crippen LogP contribution in [0.2, 0.25) is 0 Å². The van der Waals surface area contributed by atoms with Crippen molar-refractivity contribution in [3.05, 3.63) is 65.7 Å². The largest absolute Gasteiger partial charge is 0.352 e. The predicted molar refractivity (Wildman–Crippen MR) is 142 cm³/mol. The Hall–Kier alpha value is -2.87. The van der Waals surface area contributed by atoms with Gasteiger partial charge in [0.05, 0.1) is 11.9 Å². The maximum Gasteiger partial charge on any atom is 0.243 e. The molecule has 35 heavy (non-hydrogen) atoms. The van der Waals surface area contributed by atoms with Crippen LogP contribution >= 0.6 is 0 Å². The molecule has 0 aliphatic rings. The Morgan fingerprint density at radius 2 is 1.69 bits per heavy atom. The predicted octanol–water partition coefficient (Wildman–Crippen LogP) is 4.26. The Morgan fingerprint density at radius 3 is 2.26 bits per heavy atom. The lowest BCUT2D eigenvalue weighted by molar-refractivity contribution is -0.141. The summed E-state index contributed by atoms with van der Waals surface area (Å²) in [5.41, 5.74) is 2.60. The summed E-state index contributed by atoms with van der Waals surface area (Å²) in [5, 5.41) is 3.01. The summed E-state index contributed by atoms with van der Waals surface area (Å²) in [7, 11) is -3.50. The number of rotatable bonds is 13. The van der Waals surface area contributed by atoms with Gasteiger partial charge in [-0.15, -0.1) is 0 Å². The zero-order valence-electron chi connectivity index (χ0n) is 21.5. The lowest BCUT2D eigenvalue weighted by Gasteiger charge is -2.32. The van der Waals surface area contributed by atoms with E-state index in [-0.39, 0.29) is 30.8 Å². The summed E-state index contributed by atoms with van der Waals surface area (Å²) < 4.78 is 26.1. The zero-order valence-corrected chi connectivity index (χ0v) is 22.3. The second kappa shape index (κ2) is 13.3. The minimum absolute atomic E-state index is 0.0154. The molecule has 0 heterocycles. The number of amides is 2. The molecule has 2 atom stereocenters. The first-order valence-corrected chi connectivity index (χ1v) is 14.1. The molecule has 0 aliphatic heterocycles. The van der Waals surface area contributed by atoms with E-state index in [0.717, 1.165) is 23.8 Å². The third-order valence-corrected chi connectivity index (χ3v) is 7.21. The Morgan fingerprint density at radius 1 is 1.00 bits per heavy atom. The van der Waals surface area contributed by atoms with Gasteiger partial charge in [0, 0.05) is 25.6 Å². The van der Waals surface area contributed by atoms with Gasteiger partial charge in [0.15, 0.2) is 0 Å². The van der Waals surface area contributed by atoms with Crippen molar-refractivity contribution in [2.24, 2.45) is 0 Å². The summed E-state index contributed by atoms with van der Waals surface area (Å²) >= 11 is 0. The molecule has 192 valence electrons. The first-order valence-electron chi connectivity index (χ1n) is 12.2. The molecule has 0 aliphatic carbocycles. The Kier molecular flexibility index (Phi) is 10.8. The Bertz CT molecular complexity index is 1070. The van der Waals surface area contributed by atoms with Crippen LogP contribution in [0.4, 0.5) is 5.69 Å². The van der Waals surface area contributed by atoms with E-state index < -0.39 is 16.1 Å². The van der Waals surface area contributed by atoms with Crippen molar-refractivity contribution >= 4 is 27.5 Å². The molecule has 0 saturated heterocycles. The lowest BCUT2D eigenvalue weighted by atomic mass is 10.1. The van der Waals surface area contributed by atoms with E-state index in [9.17, 15) is 18.0 Å². The molecule has 7 nitrogen and oxygen atoms in total. The van der Waals surface area contributed by atoms with Crippen molar-refractivity contribution < 1.29 is 18.0 Å². The van der Waals surface area contributed by atoms with Crippen molar-refractivity contribution in [3.8, 4) is 0 Å². The molecular formula is C27H39N3O4S. The van der Waals surface area contributed by atoms with E-state index in [1.165, 1.54) is 4.31 Å². The molecule has 0 fully saturated rings. The summed E-state index contributed by atoms with van der Waals surface area (Å²) in [6, 6.07) is 16.2. The number of carbonyl (C=O) groups is 2. The summed E-state index contributed by atoms with van der Waals surface area (Å²) in [5.74, 6) is -0.330. The smallest absolute Gasteiger partial charge is 0.243 e. The Balaban J connectivity index is 2.21. The van der Waals surface area contributed by atoms with Gasteiger partial charge < -0.3 is 10.2 Å². The quantitative estimate of drug-likeness (QED) is 0.444. The van der Waals surface area contributed by atoms with Gasteiger partial charge in [-0.05, 0) is 50.8 Å². The molecule has 0 radical (unpaired) electrons. The van der Waals surface area contributed by atoms with Crippen molar-refractivity contribution in [3.63, 3.8) is 0 Å². The number of nitrogens with zero attached hydrogens (tertiary/aromatic N) is 2. The molecule has 8 heteroatoms. The van der Waals surface area contributed by atoms with Crippen LogP contribution in [0.15, 0.2) is 54.6 Å². The molecule has 2 aromatic carbocycles. The van der Waals surface area contributed by atoms with E-state index >= 15 is 0 Å². The number of benzene rings is 2. The molecule has 2 aromatic rings. The van der Waals surface area contributed by atoms with Gasteiger partial charge in [-0.2, -0.15) is 0 Å². The summed E-state index contributed by atoms with van der Waals surface area (Å²) in [4.78, 5) is 28.1. The molecule has 0 aromatic heterocycles. The molecule has 2 amide bonds. The average Bonchev–Trinajstić information content (AvgIpc) is 2.81. The highest BCUT2D eigenvalue weighted by atomic mass is 32.2.